The van der Waals surface area contributed by atoms with E-state index in [1.165, 1.54) is 0 Å². The summed E-state index contributed by atoms with van der Waals surface area (Å²) in [6, 6.07) is 6.09. The Balaban J connectivity index is 1.51. The van der Waals surface area contributed by atoms with Gasteiger partial charge in [0.2, 0.25) is 11.9 Å². The normalized spacial score (nSPS) is 20.0. The van der Waals surface area contributed by atoms with E-state index in [2.05, 4.69) is 20.3 Å². The molecule has 6 nitrogen and oxygen atoms in total. The van der Waals surface area contributed by atoms with Crippen LogP contribution < -0.4 is 5.32 Å². The van der Waals surface area contributed by atoms with Gasteiger partial charge in [-0.05, 0) is 56.4 Å². The molecule has 1 amide bonds. The first-order valence-corrected chi connectivity index (χ1v) is 8.97. The predicted octanol–water partition coefficient (Wildman–Crippen LogP) is 2.89. The quantitative estimate of drug-likeness (QED) is 0.876. The zero-order valence-electron chi connectivity index (χ0n) is 14.6. The monoisotopic (exact) mass is 339 g/mol. The van der Waals surface area contributed by atoms with Crippen LogP contribution in [0.2, 0.25) is 0 Å². The molecule has 3 rings (SSSR count). The predicted molar refractivity (Wildman–Crippen MR) is 96.7 cm³/mol. The van der Waals surface area contributed by atoms with E-state index in [1.807, 2.05) is 30.0 Å². The van der Waals surface area contributed by atoms with Crippen LogP contribution in [-0.4, -0.2) is 38.3 Å². The molecular weight excluding hydrogens is 314 g/mol. The average molecular weight is 339 g/mol. The summed E-state index contributed by atoms with van der Waals surface area (Å²) in [6.45, 7) is 3.43. The molecule has 2 aromatic heterocycles. The van der Waals surface area contributed by atoms with Crippen LogP contribution in [0.25, 0.3) is 0 Å². The van der Waals surface area contributed by atoms with E-state index in [0.717, 1.165) is 37.8 Å². The number of pyridine rings is 1. The van der Waals surface area contributed by atoms with Crippen molar-refractivity contribution < 1.29 is 4.79 Å². The minimum Gasteiger partial charge on any atom is -0.351 e. The summed E-state index contributed by atoms with van der Waals surface area (Å²) >= 11 is 0. The van der Waals surface area contributed by atoms with Crippen molar-refractivity contribution in [1.29, 1.82) is 0 Å². The molecule has 132 valence electrons. The molecule has 1 N–H and O–H groups in total. The number of anilines is 1. The van der Waals surface area contributed by atoms with Crippen LogP contribution in [0.1, 0.15) is 38.2 Å². The van der Waals surface area contributed by atoms with Crippen molar-refractivity contribution in [2.45, 2.75) is 45.2 Å². The number of carbonyl (C=O) groups excluding carboxylic acids is 1. The van der Waals surface area contributed by atoms with Crippen LogP contribution in [0.15, 0.2) is 43.0 Å². The third-order valence-electron chi connectivity index (χ3n) is 4.79. The fraction of sp³-hybridized carbons (Fsp3) is 0.474. The summed E-state index contributed by atoms with van der Waals surface area (Å²) < 4.78 is 0. The molecule has 0 bridgehead atoms. The highest BCUT2D eigenvalue weighted by molar-refractivity contribution is 5.79. The Morgan fingerprint density at radius 3 is 2.44 bits per heavy atom. The minimum atomic E-state index is 0.122. The molecule has 1 aliphatic rings. The van der Waals surface area contributed by atoms with Gasteiger partial charge in [0, 0.05) is 49.8 Å². The molecular formula is C19H25N5O. The number of rotatable bonds is 6. The van der Waals surface area contributed by atoms with Crippen molar-refractivity contribution in [3.05, 3.63) is 48.5 Å². The second kappa shape index (κ2) is 8.55. The Labute approximate surface area is 148 Å². The van der Waals surface area contributed by atoms with E-state index in [1.54, 1.807) is 24.8 Å². The van der Waals surface area contributed by atoms with Crippen molar-refractivity contribution in [3.8, 4) is 0 Å². The van der Waals surface area contributed by atoms with Crippen molar-refractivity contribution in [2.75, 3.05) is 11.9 Å². The molecule has 2 aromatic rings. The van der Waals surface area contributed by atoms with Crippen LogP contribution in [-0.2, 0) is 11.3 Å². The molecule has 1 saturated carbocycles. The smallest absolute Gasteiger partial charge is 0.225 e. The highest BCUT2D eigenvalue weighted by atomic mass is 16.2. The molecule has 0 spiro atoms. The number of amides is 1. The number of aromatic nitrogens is 3. The molecule has 0 radical (unpaired) electrons. The SMILES string of the molecule is CCN(Cc1ccncc1)C(=O)C1CCC(Nc2ncccn2)CC1. The van der Waals surface area contributed by atoms with E-state index in [4.69, 9.17) is 0 Å². The van der Waals surface area contributed by atoms with E-state index in [-0.39, 0.29) is 11.8 Å². The lowest BCUT2D eigenvalue weighted by Crippen LogP contribution is -2.39. The van der Waals surface area contributed by atoms with Gasteiger partial charge in [-0.2, -0.15) is 0 Å². The van der Waals surface area contributed by atoms with Gasteiger partial charge in [0.1, 0.15) is 0 Å². The molecule has 0 unspecified atom stereocenters. The third kappa shape index (κ3) is 4.75. The summed E-state index contributed by atoms with van der Waals surface area (Å²) in [4.78, 5) is 27.3. The second-order valence-electron chi connectivity index (χ2n) is 6.47. The van der Waals surface area contributed by atoms with Gasteiger partial charge in [-0.15, -0.1) is 0 Å². The highest BCUT2D eigenvalue weighted by Gasteiger charge is 2.29. The molecule has 2 heterocycles. The molecule has 1 aliphatic carbocycles. The standard InChI is InChI=1S/C19H25N5O/c1-2-24(14-15-8-12-20-13-9-15)18(25)16-4-6-17(7-5-16)23-19-21-10-3-11-22-19/h3,8-13,16-17H,2,4-7,14H2,1H3,(H,21,22,23). The van der Waals surface area contributed by atoms with Crippen LogP contribution >= 0.6 is 0 Å². The van der Waals surface area contributed by atoms with Crippen LogP contribution in [0.4, 0.5) is 5.95 Å². The number of hydrogen-bond acceptors (Lipinski definition) is 5. The average Bonchev–Trinajstić information content (AvgIpc) is 2.68. The Hall–Kier alpha value is -2.50. The molecule has 0 atom stereocenters. The summed E-state index contributed by atoms with van der Waals surface area (Å²) in [5, 5.41) is 3.37. The van der Waals surface area contributed by atoms with E-state index < -0.39 is 0 Å². The summed E-state index contributed by atoms with van der Waals surface area (Å²) in [7, 11) is 0. The summed E-state index contributed by atoms with van der Waals surface area (Å²) in [5.74, 6) is 1.07. The first-order chi connectivity index (χ1) is 12.3. The molecule has 1 fully saturated rings. The maximum Gasteiger partial charge on any atom is 0.225 e. The van der Waals surface area contributed by atoms with Gasteiger partial charge in [0.05, 0.1) is 0 Å². The number of carbonyl (C=O) groups is 1. The molecule has 0 aromatic carbocycles. The van der Waals surface area contributed by atoms with Gasteiger partial charge in [-0.25, -0.2) is 9.97 Å². The number of nitrogens with zero attached hydrogens (tertiary/aromatic N) is 4. The fourth-order valence-electron chi connectivity index (χ4n) is 3.35. The van der Waals surface area contributed by atoms with Crippen LogP contribution in [0.5, 0.6) is 0 Å². The topological polar surface area (TPSA) is 71.0 Å². The summed E-state index contributed by atoms with van der Waals surface area (Å²) in [5.41, 5.74) is 1.13. The first-order valence-electron chi connectivity index (χ1n) is 8.97. The van der Waals surface area contributed by atoms with Gasteiger partial charge >= 0.3 is 0 Å². The molecule has 0 saturated heterocycles. The van der Waals surface area contributed by atoms with Gasteiger partial charge in [-0.3, -0.25) is 9.78 Å². The lowest BCUT2D eigenvalue weighted by atomic mass is 9.85. The van der Waals surface area contributed by atoms with Crippen molar-refractivity contribution >= 4 is 11.9 Å². The number of hydrogen-bond donors (Lipinski definition) is 1. The van der Waals surface area contributed by atoms with Gasteiger partial charge in [0.25, 0.3) is 0 Å². The minimum absolute atomic E-state index is 0.122. The van der Waals surface area contributed by atoms with Crippen LogP contribution in [0, 0.1) is 5.92 Å². The molecule has 0 aliphatic heterocycles. The third-order valence-corrected chi connectivity index (χ3v) is 4.79. The van der Waals surface area contributed by atoms with E-state index in [0.29, 0.717) is 18.5 Å². The fourth-order valence-corrected chi connectivity index (χ4v) is 3.35. The lowest BCUT2D eigenvalue weighted by Gasteiger charge is -2.32. The zero-order valence-corrected chi connectivity index (χ0v) is 14.6. The van der Waals surface area contributed by atoms with E-state index in [9.17, 15) is 4.79 Å². The highest BCUT2D eigenvalue weighted by Crippen LogP contribution is 2.28. The van der Waals surface area contributed by atoms with Gasteiger partial charge < -0.3 is 10.2 Å². The van der Waals surface area contributed by atoms with Crippen molar-refractivity contribution in [2.24, 2.45) is 5.92 Å². The largest absolute Gasteiger partial charge is 0.351 e. The van der Waals surface area contributed by atoms with Crippen LogP contribution in [0.3, 0.4) is 0 Å². The van der Waals surface area contributed by atoms with Gasteiger partial charge in [0.15, 0.2) is 0 Å². The maximum atomic E-state index is 12.9. The Bertz CT molecular complexity index is 656. The zero-order chi connectivity index (χ0) is 17.5. The Kier molecular flexibility index (Phi) is 5.93. The van der Waals surface area contributed by atoms with Gasteiger partial charge in [-0.1, -0.05) is 0 Å². The van der Waals surface area contributed by atoms with Crippen molar-refractivity contribution in [1.82, 2.24) is 19.9 Å². The molecule has 25 heavy (non-hydrogen) atoms. The van der Waals surface area contributed by atoms with E-state index >= 15 is 0 Å². The molecule has 6 heteroatoms. The maximum absolute atomic E-state index is 12.9. The Morgan fingerprint density at radius 2 is 1.80 bits per heavy atom. The summed E-state index contributed by atoms with van der Waals surface area (Å²) in [6.07, 6.45) is 10.8. The Morgan fingerprint density at radius 1 is 1.12 bits per heavy atom. The van der Waals surface area contributed by atoms with Crippen molar-refractivity contribution in [3.63, 3.8) is 0 Å². The first kappa shape index (κ1) is 17.3. The lowest BCUT2D eigenvalue weighted by molar-refractivity contribution is -0.137. The number of nitrogens with one attached hydrogen (secondary N) is 1. The second-order valence-corrected chi connectivity index (χ2v) is 6.47.